The molecule has 1 unspecified atom stereocenters. The van der Waals surface area contributed by atoms with Crippen LogP contribution >= 0.6 is 15.2 Å². The van der Waals surface area contributed by atoms with Crippen LogP contribution in [0.5, 0.6) is 0 Å². The van der Waals surface area contributed by atoms with Crippen molar-refractivity contribution < 1.29 is 66.8 Å². The first-order valence-corrected chi connectivity index (χ1v) is 19.8. The highest BCUT2D eigenvalue weighted by Gasteiger charge is 2.45. The van der Waals surface area contributed by atoms with E-state index < -0.39 is 57.8 Å². The van der Waals surface area contributed by atoms with Gasteiger partial charge in [-0.25, -0.2) is 4.79 Å². The number of benzene rings is 1. The van der Waals surface area contributed by atoms with Crippen LogP contribution in [-0.2, 0) is 35.0 Å². The molecule has 0 spiro atoms. The lowest BCUT2D eigenvalue weighted by molar-refractivity contribution is -0.662. The number of ketones is 1. The minimum Gasteiger partial charge on any atom is -0.448 e. The first kappa shape index (κ1) is 42.4. The highest BCUT2D eigenvalue weighted by molar-refractivity contribution is 7.70. The van der Waals surface area contributed by atoms with Crippen molar-refractivity contribution >= 4 is 40.1 Å². The molecule has 0 saturated carbocycles. The molecule has 20 heteroatoms. The second kappa shape index (κ2) is 19.2. The molecule has 2 heterocycles. The minimum absolute atomic E-state index is 0.120. The standard InChI is InChI=1S/C31H47BN4O13P2/c1-21(2)19-28(32-48-17-14-36(15-18-49-32)13-16-47-30(40)34-31(50(41,42)43)51(44,45)46)33-29(39)24(22(3)37)20-27(38)26-12-8-11-25(35(26)4)23-9-6-5-7-10-23/h5-12,21-22,24,28,31,37H,13-20H2,1-4H3,(H5-,33,34,39,40,41,42,43,44,45,46)/p+1/t22?,24-,28-/m1/s1. The largest absolute Gasteiger partial charge is 0.480 e. The fourth-order valence-corrected chi connectivity index (χ4v) is 7.69. The average Bonchev–Trinajstić information content (AvgIpc) is 3.02. The van der Waals surface area contributed by atoms with Crippen LogP contribution in [0, 0.1) is 11.8 Å². The second-order valence-electron chi connectivity index (χ2n) is 12.7. The molecule has 17 nitrogen and oxygen atoms in total. The van der Waals surface area contributed by atoms with Crippen LogP contribution in [0.3, 0.4) is 0 Å². The van der Waals surface area contributed by atoms with Crippen LogP contribution in [0.1, 0.15) is 44.1 Å². The summed E-state index contributed by atoms with van der Waals surface area (Å²) in [6, 6.07) is 14.9. The SMILES string of the molecule is CC(C)C[C@@H](NC(=O)[C@H](CC(=O)c1cccc(-c2ccccc2)[n+]1C)C(C)O)B1OCCN(CCOC(=O)NC(P(=O)(O)O)P(=O)(O)O)CCO1. The van der Waals surface area contributed by atoms with Crippen molar-refractivity contribution in [3.05, 3.63) is 54.2 Å². The molecule has 3 atom stereocenters. The van der Waals surface area contributed by atoms with Gasteiger partial charge >= 0.3 is 28.4 Å². The number of hydrogen-bond donors (Lipinski definition) is 7. The number of aliphatic hydroxyl groups excluding tert-OH is 1. The molecule has 2 aromatic rings. The molecular formula is C31H48BN4O13P2+. The molecular weight excluding hydrogens is 709 g/mol. The number of rotatable bonds is 16. The number of Topliss-reactive ketones (excluding diaryl/α,β-unsaturated/α-hetero) is 1. The van der Waals surface area contributed by atoms with E-state index in [9.17, 15) is 28.6 Å². The quantitative estimate of drug-likeness (QED) is 0.0548. The summed E-state index contributed by atoms with van der Waals surface area (Å²) in [5, 5.41) is 15.1. The Morgan fingerprint density at radius 1 is 0.941 bits per heavy atom. The Balaban J connectivity index is 1.58. The summed E-state index contributed by atoms with van der Waals surface area (Å²) in [5.41, 5.74) is -0.592. The third-order valence-corrected chi connectivity index (χ3v) is 11.5. The Labute approximate surface area is 297 Å². The van der Waals surface area contributed by atoms with Crippen LogP contribution in [0.2, 0.25) is 0 Å². The van der Waals surface area contributed by atoms with Gasteiger partial charge in [0.2, 0.25) is 28.6 Å². The van der Waals surface area contributed by atoms with Crippen molar-refractivity contribution in [1.29, 1.82) is 0 Å². The Bertz CT molecular complexity index is 1540. The number of nitrogens with zero attached hydrogens (tertiary/aromatic N) is 2. The number of nitrogens with one attached hydrogen (secondary N) is 2. The predicted octanol–water partition coefficient (Wildman–Crippen LogP) is 1.02. The van der Waals surface area contributed by atoms with Gasteiger partial charge < -0.3 is 44.0 Å². The van der Waals surface area contributed by atoms with Gasteiger partial charge in [0, 0.05) is 57.0 Å². The van der Waals surface area contributed by atoms with Crippen molar-refractivity contribution in [2.24, 2.45) is 18.9 Å². The van der Waals surface area contributed by atoms with E-state index in [1.165, 1.54) is 12.2 Å². The zero-order chi connectivity index (χ0) is 37.9. The number of pyridine rings is 1. The zero-order valence-electron chi connectivity index (χ0n) is 29.0. The Morgan fingerprint density at radius 2 is 1.55 bits per heavy atom. The van der Waals surface area contributed by atoms with Gasteiger partial charge in [-0.15, -0.1) is 0 Å². The molecule has 0 aliphatic carbocycles. The molecule has 1 aromatic carbocycles. The van der Waals surface area contributed by atoms with E-state index in [1.807, 2.05) is 55.1 Å². The third-order valence-electron chi connectivity index (χ3n) is 8.20. The van der Waals surface area contributed by atoms with Gasteiger partial charge in [-0.2, -0.15) is 4.57 Å². The third kappa shape index (κ3) is 13.2. The van der Waals surface area contributed by atoms with Gasteiger partial charge in [-0.1, -0.05) is 32.0 Å². The smallest absolute Gasteiger partial charge is 0.448 e. The molecule has 282 valence electrons. The molecule has 0 bridgehead atoms. The van der Waals surface area contributed by atoms with Crippen molar-refractivity contribution in [3.8, 4) is 11.3 Å². The van der Waals surface area contributed by atoms with Gasteiger partial charge in [0.25, 0.3) is 0 Å². The van der Waals surface area contributed by atoms with E-state index in [1.54, 1.807) is 23.7 Å². The number of aliphatic hydroxyl groups is 1. The Kier molecular flexibility index (Phi) is 15.9. The first-order valence-electron chi connectivity index (χ1n) is 16.4. The highest BCUT2D eigenvalue weighted by Crippen LogP contribution is 2.58. The average molecular weight is 758 g/mol. The maximum absolute atomic E-state index is 13.6. The number of amides is 2. The highest BCUT2D eigenvalue weighted by atomic mass is 31.2. The van der Waals surface area contributed by atoms with Crippen LogP contribution < -0.4 is 15.2 Å². The number of ether oxygens (including phenoxy) is 1. The predicted molar refractivity (Wildman–Crippen MR) is 185 cm³/mol. The fourth-order valence-electron chi connectivity index (χ4n) is 5.58. The molecule has 1 aliphatic rings. The van der Waals surface area contributed by atoms with E-state index in [0.717, 1.165) is 11.3 Å². The minimum atomic E-state index is -5.37. The maximum atomic E-state index is 13.6. The summed E-state index contributed by atoms with van der Waals surface area (Å²) >= 11 is 0. The number of hydrogen-bond acceptors (Lipinski definition) is 10. The summed E-state index contributed by atoms with van der Waals surface area (Å²) in [6.45, 7) is 6.27. The molecule has 1 saturated heterocycles. The Hall–Kier alpha value is -3.02. The molecule has 2 amide bonds. The molecule has 1 aromatic heterocycles. The zero-order valence-corrected chi connectivity index (χ0v) is 30.8. The van der Waals surface area contributed by atoms with Crippen LogP contribution in [-0.4, -0.2) is 112 Å². The summed E-state index contributed by atoms with van der Waals surface area (Å²) in [4.78, 5) is 77.5. The lowest BCUT2D eigenvalue weighted by Crippen LogP contribution is -2.54. The molecule has 3 rings (SSSR count). The second-order valence-corrected chi connectivity index (χ2v) is 16.5. The van der Waals surface area contributed by atoms with E-state index in [-0.39, 0.29) is 44.5 Å². The topological polar surface area (TPSA) is 245 Å². The van der Waals surface area contributed by atoms with Crippen molar-refractivity contribution in [1.82, 2.24) is 15.5 Å². The van der Waals surface area contributed by atoms with Crippen molar-refractivity contribution in [2.75, 3.05) is 39.5 Å². The van der Waals surface area contributed by atoms with Crippen LogP contribution in [0.25, 0.3) is 11.3 Å². The number of carbonyl (C=O) groups is 3. The van der Waals surface area contributed by atoms with Gasteiger partial charge in [0.05, 0.1) is 18.0 Å². The first-order chi connectivity index (χ1) is 23.9. The van der Waals surface area contributed by atoms with Crippen LogP contribution in [0.15, 0.2) is 48.5 Å². The summed E-state index contributed by atoms with van der Waals surface area (Å²) in [6.07, 6.45) is -2.30. The normalized spacial score (nSPS) is 16.6. The van der Waals surface area contributed by atoms with E-state index >= 15 is 0 Å². The van der Waals surface area contributed by atoms with E-state index in [4.69, 9.17) is 33.6 Å². The number of aromatic nitrogens is 1. The lowest BCUT2D eigenvalue weighted by atomic mass is 9.73. The molecule has 7 N–H and O–H groups in total. The molecule has 1 aliphatic heterocycles. The van der Waals surface area contributed by atoms with Gasteiger partial charge in [0.1, 0.15) is 13.7 Å². The molecule has 0 radical (unpaired) electrons. The lowest BCUT2D eigenvalue weighted by Gasteiger charge is -2.32. The molecule has 51 heavy (non-hydrogen) atoms. The summed E-state index contributed by atoms with van der Waals surface area (Å²) < 4.78 is 41.3. The van der Waals surface area contributed by atoms with Gasteiger partial charge in [-0.05, 0) is 37.5 Å². The Morgan fingerprint density at radius 3 is 2.10 bits per heavy atom. The van der Waals surface area contributed by atoms with Crippen molar-refractivity contribution in [3.63, 3.8) is 0 Å². The van der Waals surface area contributed by atoms with E-state index in [2.05, 4.69) is 5.32 Å². The van der Waals surface area contributed by atoms with Crippen molar-refractivity contribution in [2.45, 2.75) is 51.2 Å². The molecule has 1 fully saturated rings. The maximum Gasteiger partial charge on any atom is 0.480 e. The monoisotopic (exact) mass is 757 g/mol. The summed E-state index contributed by atoms with van der Waals surface area (Å²) in [7, 11) is -9.80. The van der Waals surface area contributed by atoms with Gasteiger partial charge in [-0.3, -0.25) is 28.9 Å². The van der Waals surface area contributed by atoms with E-state index in [0.29, 0.717) is 25.2 Å². The number of carbonyl (C=O) groups excluding carboxylic acids is 3. The number of alkyl carbamates (subject to hydrolysis) is 1. The van der Waals surface area contributed by atoms with Gasteiger partial charge in [0.15, 0.2) is 0 Å². The fraction of sp³-hybridized carbons (Fsp3) is 0.548. The summed E-state index contributed by atoms with van der Waals surface area (Å²) in [5.74, 6) is -2.36. The van der Waals surface area contributed by atoms with Crippen LogP contribution in [0.4, 0.5) is 4.79 Å².